The van der Waals surface area contributed by atoms with Crippen LogP contribution in [0.5, 0.6) is 0 Å². The lowest BCUT2D eigenvalue weighted by atomic mass is 10.2. The average Bonchev–Trinajstić information content (AvgIpc) is 2.09. The first-order valence-corrected chi connectivity index (χ1v) is 5.50. The van der Waals surface area contributed by atoms with Crippen molar-refractivity contribution in [1.82, 2.24) is 10.6 Å². The molecule has 0 atom stereocenters. The molecule has 0 aromatic carbocycles. The Balaban J connectivity index is 2.84. The second-order valence-electron chi connectivity index (χ2n) is 3.77. The Kier molecular flexibility index (Phi) is 9.94. The van der Waals surface area contributed by atoms with Gasteiger partial charge in [0.1, 0.15) is 0 Å². The predicted octanol–water partition coefficient (Wildman–Crippen LogP) is 1.97. The number of nitrogens with one attached hydrogen (secondary N) is 2. The molecule has 0 aromatic heterocycles. The van der Waals surface area contributed by atoms with Crippen molar-refractivity contribution in [3.63, 3.8) is 0 Å². The lowest BCUT2D eigenvalue weighted by molar-refractivity contribution is 0.539. The van der Waals surface area contributed by atoms with Crippen molar-refractivity contribution >= 4 is 0 Å². The molecule has 0 aromatic rings. The molecule has 2 heteroatoms. The van der Waals surface area contributed by atoms with E-state index in [0.717, 1.165) is 26.1 Å². The first kappa shape index (κ1) is 12.9. The van der Waals surface area contributed by atoms with Crippen LogP contribution in [0.3, 0.4) is 0 Å². The van der Waals surface area contributed by atoms with Gasteiger partial charge in [0.15, 0.2) is 0 Å². The van der Waals surface area contributed by atoms with Gasteiger partial charge in [-0.1, -0.05) is 27.2 Å². The molecule has 79 valence electrons. The Labute approximate surface area is 83.5 Å². The number of hydrogen-bond donors (Lipinski definition) is 2. The molecule has 0 saturated carbocycles. The topological polar surface area (TPSA) is 24.1 Å². The van der Waals surface area contributed by atoms with E-state index in [4.69, 9.17) is 0 Å². The standard InChI is InChI=1S/C11H25N2/c1-4-5-8-12-9-6-7-10-13-11(2)3/h11-13H,1,4-10H2,2-3H3. The van der Waals surface area contributed by atoms with Crippen LogP contribution in [0.15, 0.2) is 0 Å². The van der Waals surface area contributed by atoms with E-state index in [1.807, 2.05) is 0 Å². The average molecular weight is 185 g/mol. The summed E-state index contributed by atoms with van der Waals surface area (Å²) in [6.45, 7) is 11.6. The van der Waals surface area contributed by atoms with Gasteiger partial charge in [0, 0.05) is 6.04 Å². The molecule has 0 aliphatic heterocycles. The van der Waals surface area contributed by atoms with Gasteiger partial charge in [-0.25, -0.2) is 0 Å². The molecule has 2 nitrogen and oxygen atoms in total. The van der Waals surface area contributed by atoms with Crippen LogP contribution in [-0.4, -0.2) is 25.7 Å². The Hall–Kier alpha value is -0.0800. The summed E-state index contributed by atoms with van der Waals surface area (Å²) in [6.07, 6.45) is 4.79. The van der Waals surface area contributed by atoms with E-state index in [1.54, 1.807) is 0 Å². The monoisotopic (exact) mass is 185 g/mol. The zero-order chi connectivity index (χ0) is 9.94. The summed E-state index contributed by atoms with van der Waals surface area (Å²) in [7, 11) is 0. The minimum atomic E-state index is 0.624. The van der Waals surface area contributed by atoms with E-state index in [2.05, 4.69) is 31.4 Å². The van der Waals surface area contributed by atoms with Gasteiger partial charge in [0.2, 0.25) is 0 Å². The zero-order valence-electron chi connectivity index (χ0n) is 9.23. The predicted molar refractivity (Wildman–Crippen MR) is 59.8 cm³/mol. The third kappa shape index (κ3) is 11.9. The first-order valence-electron chi connectivity index (χ1n) is 5.50. The van der Waals surface area contributed by atoms with Gasteiger partial charge in [-0.2, -0.15) is 0 Å². The highest BCUT2D eigenvalue weighted by molar-refractivity contribution is 4.55. The fraction of sp³-hybridized carbons (Fsp3) is 0.909. The zero-order valence-corrected chi connectivity index (χ0v) is 9.23. The highest BCUT2D eigenvalue weighted by Crippen LogP contribution is 1.87. The molecule has 1 radical (unpaired) electrons. The third-order valence-corrected chi connectivity index (χ3v) is 1.94. The Morgan fingerprint density at radius 3 is 2.23 bits per heavy atom. The summed E-state index contributed by atoms with van der Waals surface area (Å²) in [5, 5.41) is 6.82. The molecule has 0 amide bonds. The number of unbranched alkanes of at least 4 members (excludes halogenated alkanes) is 2. The summed E-state index contributed by atoms with van der Waals surface area (Å²) in [6, 6.07) is 0.624. The summed E-state index contributed by atoms with van der Waals surface area (Å²) in [5.74, 6) is 0. The normalized spacial score (nSPS) is 11.1. The Morgan fingerprint density at radius 1 is 1.00 bits per heavy atom. The third-order valence-electron chi connectivity index (χ3n) is 1.94. The molecule has 0 spiro atoms. The SMILES string of the molecule is [CH2]CCCNCCCCNC(C)C. The Morgan fingerprint density at radius 2 is 1.62 bits per heavy atom. The molecule has 0 aliphatic rings. The van der Waals surface area contributed by atoms with Crippen LogP contribution in [0, 0.1) is 6.92 Å². The highest BCUT2D eigenvalue weighted by Gasteiger charge is 1.91. The van der Waals surface area contributed by atoms with Crippen molar-refractivity contribution < 1.29 is 0 Å². The van der Waals surface area contributed by atoms with E-state index >= 15 is 0 Å². The van der Waals surface area contributed by atoms with E-state index < -0.39 is 0 Å². The maximum absolute atomic E-state index is 3.80. The molecule has 0 aliphatic carbocycles. The molecule has 0 saturated heterocycles. The van der Waals surface area contributed by atoms with Gasteiger partial charge < -0.3 is 10.6 Å². The van der Waals surface area contributed by atoms with Crippen LogP contribution in [0.2, 0.25) is 0 Å². The van der Waals surface area contributed by atoms with E-state index in [1.165, 1.54) is 19.3 Å². The highest BCUT2D eigenvalue weighted by atomic mass is 14.9. The van der Waals surface area contributed by atoms with Gasteiger partial charge in [0.25, 0.3) is 0 Å². The number of hydrogen-bond acceptors (Lipinski definition) is 2. The van der Waals surface area contributed by atoms with Crippen molar-refractivity contribution in [2.75, 3.05) is 19.6 Å². The van der Waals surface area contributed by atoms with E-state index in [-0.39, 0.29) is 0 Å². The van der Waals surface area contributed by atoms with Gasteiger partial charge in [-0.05, 0) is 38.9 Å². The maximum Gasteiger partial charge on any atom is 0.00103 e. The van der Waals surface area contributed by atoms with Crippen LogP contribution < -0.4 is 10.6 Å². The maximum atomic E-state index is 3.80. The van der Waals surface area contributed by atoms with Crippen LogP contribution in [0.1, 0.15) is 39.5 Å². The summed E-state index contributed by atoms with van der Waals surface area (Å²) in [4.78, 5) is 0. The summed E-state index contributed by atoms with van der Waals surface area (Å²) >= 11 is 0. The quantitative estimate of drug-likeness (QED) is 0.537. The van der Waals surface area contributed by atoms with E-state index in [9.17, 15) is 0 Å². The van der Waals surface area contributed by atoms with Crippen molar-refractivity contribution in [3.05, 3.63) is 6.92 Å². The van der Waals surface area contributed by atoms with Gasteiger partial charge in [-0.15, -0.1) is 0 Å². The van der Waals surface area contributed by atoms with Crippen molar-refractivity contribution in [2.24, 2.45) is 0 Å². The molecule has 13 heavy (non-hydrogen) atoms. The van der Waals surface area contributed by atoms with Crippen molar-refractivity contribution in [2.45, 2.75) is 45.6 Å². The molecule has 0 bridgehead atoms. The fourth-order valence-electron chi connectivity index (χ4n) is 1.14. The largest absolute Gasteiger partial charge is 0.317 e. The minimum Gasteiger partial charge on any atom is -0.317 e. The van der Waals surface area contributed by atoms with Crippen LogP contribution >= 0.6 is 0 Å². The molecule has 0 unspecified atom stereocenters. The van der Waals surface area contributed by atoms with Gasteiger partial charge >= 0.3 is 0 Å². The molecule has 0 heterocycles. The van der Waals surface area contributed by atoms with E-state index in [0.29, 0.717) is 6.04 Å². The smallest absolute Gasteiger partial charge is 0.00103 e. The summed E-state index contributed by atoms with van der Waals surface area (Å²) in [5.41, 5.74) is 0. The second kappa shape index (κ2) is 10.0. The lowest BCUT2D eigenvalue weighted by Gasteiger charge is -2.07. The molecule has 0 rings (SSSR count). The first-order chi connectivity index (χ1) is 6.27. The molecule has 2 N–H and O–H groups in total. The van der Waals surface area contributed by atoms with Gasteiger partial charge in [0.05, 0.1) is 0 Å². The molecular weight excluding hydrogens is 160 g/mol. The molecular formula is C11H25N2. The Bertz CT molecular complexity index is 92.1. The fourth-order valence-corrected chi connectivity index (χ4v) is 1.14. The van der Waals surface area contributed by atoms with Crippen LogP contribution in [0.25, 0.3) is 0 Å². The van der Waals surface area contributed by atoms with Crippen molar-refractivity contribution in [3.8, 4) is 0 Å². The van der Waals surface area contributed by atoms with Gasteiger partial charge in [-0.3, -0.25) is 0 Å². The van der Waals surface area contributed by atoms with Crippen LogP contribution in [-0.2, 0) is 0 Å². The molecule has 0 fully saturated rings. The second-order valence-corrected chi connectivity index (χ2v) is 3.77. The number of rotatable bonds is 9. The summed E-state index contributed by atoms with van der Waals surface area (Å²) < 4.78 is 0. The minimum absolute atomic E-state index is 0.624. The van der Waals surface area contributed by atoms with Crippen LogP contribution in [0.4, 0.5) is 0 Å². The van der Waals surface area contributed by atoms with Crippen molar-refractivity contribution in [1.29, 1.82) is 0 Å². The lowest BCUT2D eigenvalue weighted by Crippen LogP contribution is -2.24.